The van der Waals surface area contributed by atoms with Crippen LogP contribution in [0.25, 0.3) is 0 Å². The van der Waals surface area contributed by atoms with Gasteiger partial charge in [0, 0.05) is 6.07 Å². The lowest BCUT2D eigenvalue weighted by Crippen LogP contribution is -1.96. The Morgan fingerprint density at radius 3 is 3.00 bits per heavy atom. The van der Waals surface area contributed by atoms with Crippen molar-refractivity contribution in [3.8, 4) is 0 Å². The van der Waals surface area contributed by atoms with Gasteiger partial charge in [-0.15, -0.1) is 0 Å². The quantitative estimate of drug-likeness (QED) is 0.569. The Morgan fingerprint density at radius 2 is 2.60 bits per heavy atom. The zero-order valence-corrected chi connectivity index (χ0v) is 7.15. The molecule has 3 nitrogen and oxygen atoms in total. The Morgan fingerprint density at radius 1 is 1.90 bits per heavy atom. The first-order valence-corrected chi connectivity index (χ1v) is 3.95. The van der Waals surface area contributed by atoms with Gasteiger partial charge in [-0.05, 0) is 0 Å². The number of nitrogens with zero attached hydrogens (tertiary/aromatic N) is 1. The Hall–Kier alpha value is -0.350. The van der Waals surface area contributed by atoms with Crippen LogP contribution in [0.2, 0.25) is 5.15 Å². The summed E-state index contributed by atoms with van der Waals surface area (Å²) in [6.07, 6.45) is 0. The van der Waals surface area contributed by atoms with Crippen molar-refractivity contribution in [1.82, 2.24) is 5.16 Å². The summed E-state index contributed by atoms with van der Waals surface area (Å²) in [6, 6.07) is 1.38. The fourth-order valence-corrected chi connectivity index (χ4v) is 0.861. The second-order valence-electron chi connectivity index (χ2n) is 1.57. The third kappa shape index (κ3) is 1.58. The molecule has 0 N–H and O–H groups in total. The highest BCUT2D eigenvalue weighted by Gasteiger charge is 2.09. The van der Waals surface area contributed by atoms with Gasteiger partial charge in [-0.1, -0.05) is 32.7 Å². The van der Waals surface area contributed by atoms with Crippen molar-refractivity contribution in [3.05, 3.63) is 17.0 Å². The Labute approximate surface area is 70.5 Å². The number of halogens is 2. The number of hydrogen-bond donors (Lipinski definition) is 0. The van der Waals surface area contributed by atoms with Crippen molar-refractivity contribution in [2.75, 3.05) is 5.33 Å². The minimum Gasteiger partial charge on any atom is -0.352 e. The Kier molecular flexibility index (Phi) is 2.45. The Balaban J connectivity index is 2.85. The van der Waals surface area contributed by atoms with Crippen molar-refractivity contribution >= 4 is 33.3 Å². The van der Waals surface area contributed by atoms with Crippen molar-refractivity contribution in [2.24, 2.45) is 0 Å². The van der Waals surface area contributed by atoms with Crippen molar-refractivity contribution in [3.63, 3.8) is 0 Å². The topological polar surface area (TPSA) is 43.1 Å². The molecule has 0 amide bonds. The molecule has 0 fully saturated rings. The molecule has 0 unspecified atom stereocenters. The molecule has 0 spiro atoms. The fraction of sp³-hybridized carbons (Fsp3) is 0.200. The van der Waals surface area contributed by atoms with Gasteiger partial charge in [0.05, 0.1) is 5.33 Å². The molecule has 0 aliphatic carbocycles. The number of aromatic nitrogens is 1. The zero-order valence-electron chi connectivity index (χ0n) is 4.80. The molecule has 0 atom stereocenters. The van der Waals surface area contributed by atoms with Crippen LogP contribution < -0.4 is 0 Å². The van der Waals surface area contributed by atoms with E-state index in [0.717, 1.165) is 0 Å². The SMILES string of the molecule is O=C(CBr)c1cc(Cl)no1. The summed E-state index contributed by atoms with van der Waals surface area (Å²) in [6.45, 7) is 0. The predicted octanol–water partition coefficient (Wildman–Crippen LogP) is 1.91. The molecule has 0 saturated heterocycles. The van der Waals surface area contributed by atoms with E-state index < -0.39 is 0 Å². The summed E-state index contributed by atoms with van der Waals surface area (Å²) >= 11 is 8.37. The van der Waals surface area contributed by atoms with Gasteiger partial charge in [-0.2, -0.15) is 0 Å². The number of ketones is 1. The van der Waals surface area contributed by atoms with Crippen LogP contribution in [0.5, 0.6) is 0 Å². The molecule has 1 heterocycles. The number of rotatable bonds is 2. The van der Waals surface area contributed by atoms with Gasteiger partial charge in [0.2, 0.25) is 11.5 Å². The summed E-state index contributed by atoms with van der Waals surface area (Å²) in [4.78, 5) is 10.8. The van der Waals surface area contributed by atoms with Crippen LogP contribution in [0.15, 0.2) is 10.6 Å². The van der Waals surface area contributed by atoms with E-state index in [1.54, 1.807) is 0 Å². The van der Waals surface area contributed by atoms with Gasteiger partial charge in [-0.3, -0.25) is 4.79 Å². The number of carbonyl (C=O) groups excluding carboxylic acids is 1. The summed E-state index contributed by atoms with van der Waals surface area (Å²) < 4.78 is 4.56. The van der Waals surface area contributed by atoms with Crippen LogP contribution in [0.1, 0.15) is 10.6 Å². The van der Waals surface area contributed by atoms with Crippen LogP contribution in [0, 0.1) is 0 Å². The van der Waals surface area contributed by atoms with Crippen molar-refractivity contribution in [2.45, 2.75) is 0 Å². The highest BCUT2D eigenvalue weighted by atomic mass is 79.9. The van der Waals surface area contributed by atoms with Crippen LogP contribution in [0.3, 0.4) is 0 Å². The van der Waals surface area contributed by atoms with Crippen LogP contribution in [0.4, 0.5) is 0 Å². The number of Topliss-reactive ketones (excluding diaryl/α,β-unsaturated/α-hetero) is 1. The minimum atomic E-state index is -0.167. The summed E-state index contributed by atoms with van der Waals surface area (Å²) in [7, 11) is 0. The summed E-state index contributed by atoms with van der Waals surface area (Å²) in [5.74, 6) is 0.0151. The van der Waals surface area contributed by atoms with Gasteiger partial charge in [0.15, 0.2) is 5.15 Å². The lowest BCUT2D eigenvalue weighted by molar-refractivity contribution is 0.0985. The second kappa shape index (κ2) is 3.16. The van der Waals surface area contributed by atoms with E-state index in [1.165, 1.54) is 6.07 Å². The standard InChI is InChI=1S/C5H3BrClNO2/c6-2-3(9)4-1-5(7)8-10-4/h1H,2H2. The second-order valence-corrected chi connectivity index (χ2v) is 2.52. The zero-order chi connectivity index (χ0) is 7.56. The van der Waals surface area contributed by atoms with Crippen molar-refractivity contribution in [1.29, 1.82) is 0 Å². The average Bonchev–Trinajstić information content (AvgIpc) is 2.34. The minimum absolute atomic E-state index is 0.167. The van der Waals surface area contributed by atoms with E-state index in [-0.39, 0.29) is 22.0 Å². The number of alkyl halides is 1. The maximum atomic E-state index is 10.8. The van der Waals surface area contributed by atoms with E-state index in [2.05, 4.69) is 25.6 Å². The predicted molar refractivity (Wildman–Crippen MR) is 39.6 cm³/mol. The largest absolute Gasteiger partial charge is 0.352 e. The van der Waals surface area contributed by atoms with Gasteiger partial charge < -0.3 is 4.52 Å². The molecule has 0 bridgehead atoms. The monoisotopic (exact) mass is 223 g/mol. The van der Waals surface area contributed by atoms with Gasteiger partial charge in [0.25, 0.3) is 0 Å². The molecule has 0 aromatic carbocycles. The molecule has 5 heteroatoms. The molecule has 10 heavy (non-hydrogen) atoms. The first-order valence-electron chi connectivity index (χ1n) is 2.45. The first kappa shape index (κ1) is 7.75. The molecule has 1 rings (SSSR count). The highest BCUT2D eigenvalue weighted by molar-refractivity contribution is 9.09. The Bertz CT molecular complexity index is 248. The molecule has 0 aliphatic rings. The van der Waals surface area contributed by atoms with Crippen LogP contribution in [-0.2, 0) is 0 Å². The van der Waals surface area contributed by atoms with Crippen LogP contribution in [-0.4, -0.2) is 16.3 Å². The van der Waals surface area contributed by atoms with E-state index in [0.29, 0.717) is 0 Å². The van der Waals surface area contributed by atoms with Gasteiger partial charge >= 0.3 is 0 Å². The van der Waals surface area contributed by atoms with Crippen molar-refractivity contribution < 1.29 is 9.32 Å². The van der Waals surface area contributed by atoms with Crippen LogP contribution >= 0.6 is 27.5 Å². The van der Waals surface area contributed by atoms with E-state index in [9.17, 15) is 4.79 Å². The van der Waals surface area contributed by atoms with E-state index >= 15 is 0 Å². The third-order valence-corrected chi connectivity index (χ3v) is 1.56. The summed E-state index contributed by atoms with van der Waals surface area (Å²) in [5, 5.41) is 3.75. The molecule has 0 saturated carbocycles. The fourth-order valence-electron chi connectivity index (χ4n) is 0.451. The van der Waals surface area contributed by atoms with Gasteiger partial charge in [-0.25, -0.2) is 0 Å². The van der Waals surface area contributed by atoms with Gasteiger partial charge in [0.1, 0.15) is 0 Å². The first-order chi connectivity index (χ1) is 4.74. The maximum Gasteiger partial charge on any atom is 0.211 e. The third-order valence-electron chi connectivity index (χ3n) is 0.878. The average molecular weight is 224 g/mol. The molecule has 54 valence electrons. The normalized spacial score (nSPS) is 9.80. The molecule has 1 aromatic rings. The lowest BCUT2D eigenvalue weighted by Gasteiger charge is -1.82. The molecule has 1 aromatic heterocycles. The smallest absolute Gasteiger partial charge is 0.211 e. The molecule has 0 radical (unpaired) electrons. The highest BCUT2D eigenvalue weighted by Crippen LogP contribution is 2.09. The molecule has 0 aliphatic heterocycles. The number of carbonyl (C=O) groups is 1. The number of hydrogen-bond acceptors (Lipinski definition) is 3. The summed E-state index contributed by atoms with van der Waals surface area (Å²) in [5.41, 5.74) is 0. The molecular weight excluding hydrogens is 221 g/mol. The molecular formula is C5H3BrClNO2. The van der Waals surface area contributed by atoms with E-state index in [4.69, 9.17) is 11.6 Å². The maximum absolute atomic E-state index is 10.8. The lowest BCUT2D eigenvalue weighted by atomic mass is 10.3. The van der Waals surface area contributed by atoms with E-state index in [1.807, 2.05) is 0 Å².